The lowest BCUT2D eigenvalue weighted by molar-refractivity contribution is 0.331. The number of hydrogen-bond acceptors (Lipinski definition) is 3. The van der Waals surface area contributed by atoms with E-state index in [2.05, 4.69) is 5.92 Å². The Morgan fingerprint density at radius 2 is 2.12 bits per heavy atom. The first-order valence-corrected chi connectivity index (χ1v) is 7.29. The number of terminal acetylenes is 1. The maximum absolute atomic E-state index is 13.9. The van der Waals surface area contributed by atoms with Crippen LogP contribution in [0.1, 0.15) is 11.1 Å². The maximum Gasteiger partial charge on any atom is 0.181 e. The molecule has 0 aliphatic rings. The Morgan fingerprint density at radius 3 is 2.75 bits per heavy atom. The summed E-state index contributed by atoms with van der Waals surface area (Å²) < 4.78 is 24.5. The number of ether oxygens (including phenoxy) is 2. The Kier molecular flexibility index (Phi) is 5.84. The molecule has 0 unspecified atom stereocenters. The average molecular weight is 342 g/mol. The first-order chi connectivity index (χ1) is 11.6. The number of allylic oxidation sites excluding steroid dienone is 1. The minimum absolute atomic E-state index is 0.0456. The van der Waals surface area contributed by atoms with Crippen LogP contribution >= 0.6 is 11.6 Å². The molecular weight excluding hydrogens is 329 g/mol. The van der Waals surface area contributed by atoms with Crippen LogP contribution in [-0.4, -0.2) is 13.7 Å². The fraction of sp³-hybridized carbons (Fsp3) is 0.105. The Morgan fingerprint density at radius 1 is 1.38 bits per heavy atom. The molecule has 0 amide bonds. The van der Waals surface area contributed by atoms with Gasteiger partial charge in [0, 0.05) is 5.56 Å². The van der Waals surface area contributed by atoms with Crippen LogP contribution < -0.4 is 9.47 Å². The first-order valence-electron chi connectivity index (χ1n) is 6.91. The van der Waals surface area contributed by atoms with Gasteiger partial charge in [0.15, 0.2) is 11.5 Å². The number of methoxy groups -OCH3 is 1. The summed E-state index contributed by atoms with van der Waals surface area (Å²) in [6.07, 6.45) is 6.70. The van der Waals surface area contributed by atoms with Crippen molar-refractivity contribution >= 4 is 23.3 Å². The molecule has 3 nitrogen and oxygen atoms in total. The molecular formula is C19H13ClFNO2. The number of nitriles is 1. The van der Waals surface area contributed by atoms with E-state index < -0.39 is 5.82 Å². The lowest BCUT2D eigenvalue weighted by Crippen LogP contribution is -1.98. The third kappa shape index (κ3) is 3.87. The molecule has 2 aromatic rings. The lowest BCUT2D eigenvalue weighted by Gasteiger charge is -2.12. The molecule has 2 aromatic carbocycles. The predicted octanol–water partition coefficient (Wildman–Crippen LogP) is 4.56. The first kappa shape index (κ1) is 17.4. The molecule has 24 heavy (non-hydrogen) atoms. The monoisotopic (exact) mass is 341 g/mol. The van der Waals surface area contributed by atoms with Crippen LogP contribution in [-0.2, 0) is 0 Å². The summed E-state index contributed by atoms with van der Waals surface area (Å²) in [5, 5.41) is 9.62. The molecule has 0 radical (unpaired) electrons. The van der Waals surface area contributed by atoms with Gasteiger partial charge in [-0.2, -0.15) is 5.26 Å². The van der Waals surface area contributed by atoms with Crippen LogP contribution in [0.3, 0.4) is 0 Å². The molecule has 120 valence electrons. The molecule has 0 fully saturated rings. The van der Waals surface area contributed by atoms with E-state index in [0.29, 0.717) is 17.1 Å². The van der Waals surface area contributed by atoms with E-state index in [-0.39, 0.29) is 22.8 Å². The van der Waals surface area contributed by atoms with E-state index in [0.717, 1.165) is 0 Å². The van der Waals surface area contributed by atoms with Crippen molar-refractivity contribution in [2.75, 3.05) is 13.7 Å². The standard InChI is InChI=1S/C19H13ClFNO2/c1-3-8-24-19-16(20)10-13(11-18(19)23-2)9-14(12-22)15-6-4-5-7-17(15)21/h1,4-7,9-11H,8H2,2H3. The highest BCUT2D eigenvalue weighted by molar-refractivity contribution is 6.32. The van der Waals surface area contributed by atoms with E-state index in [9.17, 15) is 9.65 Å². The molecule has 0 aliphatic heterocycles. The van der Waals surface area contributed by atoms with Crippen molar-refractivity contribution in [1.29, 1.82) is 5.26 Å². The lowest BCUT2D eigenvalue weighted by atomic mass is 10.0. The van der Waals surface area contributed by atoms with Crippen molar-refractivity contribution in [3.05, 3.63) is 58.4 Å². The van der Waals surface area contributed by atoms with Crippen LogP contribution in [0.2, 0.25) is 5.02 Å². The number of hydrogen-bond donors (Lipinski definition) is 0. The van der Waals surface area contributed by atoms with Crippen molar-refractivity contribution in [1.82, 2.24) is 0 Å². The molecule has 0 heterocycles. The molecule has 5 heteroatoms. The molecule has 0 aromatic heterocycles. The zero-order chi connectivity index (χ0) is 17.5. The van der Waals surface area contributed by atoms with Crippen LogP contribution in [0.15, 0.2) is 36.4 Å². The van der Waals surface area contributed by atoms with Crippen LogP contribution in [0.25, 0.3) is 11.6 Å². The Labute approximate surface area is 144 Å². The molecule has 0 N–H and O–H groups in total. The summed E-state index contributed by atoms with van der Waals surface area (Å²) in [4.78, 5) is 0. The third-order valence-corrected chi connectivity index (χ3v) is 3.43. The van der Waals surface area contributed by atoms with Gasteiger partial charge in [-0.1, -0.05) is 35.7 Å². The van der Waals surface area contributed by atoms with Crippen LogP contribution in [0.4, 0.5) is 4.39 Å². The molecule has 2 rings (SSSR count). The number of benzene rings is 2. The quantitative estimate of drug-likeness (QED) is 0.454. The zero-order valence-electron chi connectivity index (χ0n) is 12.8. The summed E-state index contributed by atoms with van der Waals surface area (Å²) in [5.41, 5.74) is 0.955. The number of nitrogens with zero attached hydrogens (tertiary/aromatic N) is 1. The fourth-order valence-corrected chi connectivity index (χ4v) is 2.37. The van der Waals surface area contributed by atoms with E-state index >= 15 is 0 Å². The van der Waals surface area contributed by atoms with Gasteiger partial charge in [-0.05, 0) is 29.8 Å². The summed E-state index contributed by atoms with van der Waals surface area (Å²) in [5.74, 6) is 2.56. The molecule has 0 saturated carbocycles. The summed E-state index contributed by atoms with van der Waals surface area (Å²) >= 11 is 6.19. The van der Waals surface area contributed by atoms with Crippen molar-refractivity contribution < 1.29 is 13.9 Å². The Hall–Kier alpha value is -2.95. The predicted molar refractivity (Wildman–Crippen MR) is 92.2 cm³/mol. The minimum atomic E-state index is -0.475. The smallest absolute Gasteiger partial charge is 0.181 e. The highest BCUT2D eigenvalue weighted by Gasteiger charge is 2.13. The minimum Gasteiger partial charge on any atom is -0.493 e. The fourth-order valence-electron chi connectivity index (χ4n) is 2.09. The van der Waals surface area contributed by atoms with E-state index in [1.807, 2.05) is 6.07 Å². The second kappa shape index (κ2) is 8.06. The van der Waals surface area contributed by atoms with Gasteiger partial charge in [0.05, 0.1) is 23.8 Å². The van der Waals surface area contributed by atoms with E-state index in [4.69, 9.17) is 27.5 Å². The van der Waals surface area contributed by atoms with Gasteiger partial charge in [-0.3, -0.25) is 0 Å². The molecule has 0 saturated heterocycles. The van der Waals surface area contributed by atoms with Gasteiger partial charge in [-0.25, -0.2) is 4.39 Å². The highest BCUT2D eigenvalue weighted by Crippen LogP contribution is 2.37. The summed E-state index contributed by atoms with van der Waals surface area (Å²) in [7, 11) is 1.46. The van der Waals surface area contributed by atoms with Crippen molar-refractivity contribution in [2.45, 2.75) is 0 Å². The van der Waals surface area contributed by atoms with Crippen molar-refractivity contribution in [3.8, 4) is 29.9 Å². The Balaban J connectivity index is 2.49. The zero-order valence-corrected chi connectivity index (χ0v) is 13.6. The molecule has 0 bridgehead atoms. The largest absolute Gasteiger partial charge is 0.493 e. The van der Waals surface area contributed by atoms with Crippen molar-refractivity contribution in [2.24, 2.45) is 0 Å². The van der Waals surface area contributed by atoms with Gasteiger partial charge in [0.2, 0.25) is 0 Å². The molecule has 0 aliphatic carbocycles. The van der Waals surface area contributed by atoms with Gasteiger partial charge >= 0.3 is 0 Å². The third-order valence-electron chi connectivity index (χ3n) is 3.15. The van der Waals surface area contributed by atoms with Crippen LogP contribution in [0, 0.1) is 29.5 Å². The van der Waals surface area contributed by atoms with E-state index in [1.54, 1.807) is 24.3 Å². The normalized spacial score (nSPS) is 10.6. The Bertz CT molecular complexity index is 863. The molecule has 0 atom stereocenters. The van der Waals surface area contributed by atoms with Gasteiger partial charge in [-0.15, -0.1) is 6.42 Å². The van der Waals surface area contributed by atoms with Gasteiger partial charge < -0.3 is 9.47 Å². The maximum atomic E-state index is 13.9. The second-order valence-corrected chi connectivity index (χ2v) is 5.08. The van der Waals surface area contributed by atoms with Crippen LogP contribution in [0.5, 0.6) is 11.5 Å². The SMILES string of the molecule is C#CCOc1c(Cl)cc(C=C(C#N)c2ccccc2F)cc1OC. The highest BCUT2D eigenvalue weighted by atomic mass is 35.5. The van der Waals surface area contributed by atoms with Crippen molar-refractivity contribution in [3.63, 3.8) is 0 Å². The van der Waals surface area contributed by atoms with Gasteiger partial charge in [0.25, 0.3) is 0 Å². The topological polar surface area (TPSA) is 42.2 Å². The summed E-state index contributed by atoms with van der Waals surface area (Å²) in [6, 6.07) is 11.3. The summed E-state index contributed by atoms with van der Waals surface area (Å²) in [6.45, 7) is 0.0456. The van der Waals surface area contributed by atoms with E-state index in [1.165, 1.54) is 25.3 Å². The molecule has 0 spiro atoms. The number of halogens is 2. The average Bonchev–Trinajstić information content (AvgIpc) is 2.59. The second-order valence-electron chi connectivity index (χ2n) is 4.68. The van der Waals surface area contributed by atoms with Gasteiger partial charge in [0.1, 0.15) is 12.4 Å². The number of rotatable bonds is 5.